The minimum atomic E-state index is -0.401. The van der Waals surface area contributed by atoms with E-state index in [1.165, 1.54) is 5.56 Å². The van der Waals surface area contributed by atoms with E-state index in [1.807, 2.05) is 37.2 Å². The molecule has 0 aliphatic carbocycles. The van der Waals surface area contributed by atoms with Gasteiger partial charge in [0.25, 0.3) is 0 Å². The van der Waals surface area contributed by atoms with Crippen molar-refractivity contribution in [1.82, 2.24) is 19.6 Å². The van der Waals surface area contributed by atoms with Crippen molar-refractivity contribution in [2.24, 2.45) is 7.05 Å². The third-order valence-electron chi connectivity index (χ3n) is 2.81. The summed E-state index contributed by atoms with van der Waals surface area (Å²) in [6.45, 7) is 2.76. The first-order valence-corrected chi connectivity index (χ1v) is 5.87. The average Bonchev–Trinajstić information content (AvgIpc) is 2.94. The van der Waals surface area contributed by atoms with E-state index in [2.05, 4.69) is 10.2 Å². The number of aliphatic hydroxyl groups excluding tert-OH is 1. The molecule has 17 heavy (non-hydrogen) atoms. The van der Waals surface area contributed by atoms with Gasteiger partial charge in [-0.2, -0.15) is 10.2 Å². The third kappa shape index (κ3) is 2.94. The zero-order valence-corrected chi connectivity index (χ0v) is 10.2. The van der Waals surface area contributed by atoms with Crippen LogP contribution in [0.2, 0.25) is 0 Å². The van der Waals surface area contributed by atoms with Crippen LogP contribution < -0.4 is 0 Å². The Balaban J connectivity index is 1.93. The van der Waals surface area contributed by atoms with Gasteiger partial charge in [0.2, 0.25) is 0 Å². The lowest BCUT2D eigenvalue weighted by atomic mass is 10.2. The number of nitrogens with zero attached hydrogens (tertiary/aromatic N) is 4. The molecule has 0 aromatic carbocycles. The molecule has 2 aromatic heterocycles. The molecule has 2 rings (SSSR count). The summed E-state index contributed by atoms with van der Waals surface area (Å²) in [5.74, 6) is 0. The van der Waals surface area contributed by atoms with Gasteiger partial charge in [0, 0.05) is 31.5 Å². The van der Waals surface area contributed by atoms with Crippen LogP contribution in [-0.4, -0.2) is 24.7 Å². The van der Waals surface area contributed by atoms with Crippen molar-refractivity contribution in [2.75, 3.05) is 0 Å². The smallest absolute Gasteiger partial charge is 0.0817 e. The molecule has 2 heterocycles. The van der Waals surface area contributed by atoms with Crippen LogP contribution in [0.3, 0.4) is 0 Å². The van der Waals surface area contributed by atoms with E-state index in [0.717, 1.165) is 18.5 Å². The summed E-state index contributed by atoms with van der Waals surface area (Å²) in [6, 6.07) is 0. The standard InChI is InChI=1S/C12H18N4O/c1-3-12(17)11-7-14-16(9-11)5-4-10-6-13-15(2)8-10/h6-9,12,17H,3-5H2,1-2H3. The molecular weight excluding hydrogens is 216 g/mol. The van der Waals surface area contributed by atoms with Crippen LogP contribution in [0, 0.1) is 0 Å². The maximum atomic E-state index is 9.66. The molecule has 0 bridgehead atoms. The second kappa shape index (κ2) is 5.14. The fourth-order valence-electron chi connectivity index (χ4n) is 1.75. The topological polar surface area (TPSA) is 55.9 Å². The maximum absolute atomic E-state index is 9.66. The molecule has 2 aromatic rings. The number of aromatic nitrogens is 4. The van der Waals surface area contributed by atoms with E-state index in [9.17, 15) is 5.11 Å². The number of aliphatic hydroxyl groups is 1. The Hall–Kier alpha value is -1.62. The van der Waals surface area contributed by atoms with Crippen LogP contribution in [0.25, 0.3) is 0 Å². The molecule has 92 valence electrons. The first-order chi connectivity index (χ1) is 8.19. The molecule has 1 unspecified atom stereocenters. The SMILES string of the molecule is CCC(O)c1cnn(CCc2cnn(C)c2)c1. The monoisotopic (exact) mass is 234 g/mol. The Morgan fingerprint density at radius 2 is 2.12 bits per heavy atom. The molecular formula is C12H18N4O. The summed E-state index contributed by atoms with van der Waals surface area (Å²) in [4.78, 5) is 0. The van der Waals surface area contributed by atoms with E-state index in [1.54, 1.807) is 10.9 Å². The van der Waals surface area contributed by atoms with Gasteiger partial charge in [0.15, 0.2) is 0 Å². The highest BCUT2D eigenvalue weighted by Gasteiger charge is 2.07. The molecule has 5 nitrogen and oxygen atoms in total. The highest BCUT2D eigenvalue weighted by Crippen LogP contribution is 2.14. The quantitative estimate of drug-likeness (QED) is 0.848. The Bertz CT molecular complexity index is 474. The highest BCUT2D eigenvalue weighted by atomic mass is 16.3. The zero-order valence-electron chi connectivity index (χ0n) is 10.2. The minimum Gasteiger partial charge on any atom is -0.388 e. The van der Waals surface area contributed by atoms with Gasteiger partial charge >= 0.3 is 0 Å². The van der Waals surface area contributed by atoms with Crippen LogP contribution in [0.4, 0.5) is 0 Å². The van der Waals surface area contributed by atoms with Crippen molar-refractivity contribution in [3.63, 3.8) is 0 Å². The number of aryl methyl sites for hydroxylation is 3. The Kier molecular flexibility index (Phi) is 3.58. The van der Waals surface area contributed by atoms with E-state index in [-0.39, 0.29) is 0 Å². The fraction of sp³-hybridized carbons (Fsp3) is 0.500. The van der Waals surface area contributed by atoms with Crippen molar-refractivity contribution in [3.05, 3.63) is 35.9 Å². The molecule has 0 amide bonds. The lowest BCUT2D eigenvalue weighted by Crippen LogP contribution is -2.01. The third-order valence-corrected chi connectivity index (χ3v) is 2.81. The van der Waals surface area contributed by atoms with Gasteiger partial charge < -0.3 is 5.11 Å². The summed E-state index contributed by atoms with van der Waals surface area (Å²) in [5, 5.41) is 18.0. The largest absolute Gasteiger partial charge is 0.388 e. The number of hydrogen-bond donors (Lipinski definition) is 1. The fourth-order valence-corrected chi connectivity index (χ4v) is 1.75. The van der Waals surface area contributed by atoms with Crippen LogP contribution in [0.5, 0.6) is 0 Å². The molecule has 0 radical (unpaired) electrons. The summed E-state index contributed by atoms with van der Waals surface area (Å²) in [5.41, 5.74) is 2.08. The van der Waals surface area contributed by atoms with Crippen LogP contribution >= 0.6 is 0 Å². The van der Waals surface area contributed by atoms with E-state index in [0.29, 0.717) is 6.42 Å². The van der Waals surface area contributed by atoms with Crippen molar-refractivity contribution < 1.29 is 5.11 Å². The lowest BCUT2D eigenvalue weighted by Gasteiger charge is -2.02. The predicted molar refractivity (Wildman–Crippen MR) is 64.4 cm³/mol. The second-order valence-corrected chi connectivity index (χ2v) is 4.23. The van der Waals surface area contributed by atoms with Crippen molar-refractivity contribution in [1.29, 1.82) is 0 Å². The Morgan fingerprint density at radius 1 is 1.29 bits per heavy atom. The molecule has 0 spiro atoms. The lowest BCUT2D eigenvalue weighted by molar-refractivity contribution is 0.173. The Morgan fingerprint density at radius 3 is 2.76 bits per heavy atom. The van der Waals surface area contributed by atoms with Crippen molar-refractivity contribution >= 4 is 0 Å². The summed E-state index contributed by atoms with van der Waals surface area (Å²) < 4.78 is 3.66. The van der Waals surface area contributed by atoms with Gasteiger partial charge in [-0.1, -0.05) is 6.92 Å². The molecule has 0 saturated carbocycles. The Labute approximate surface area is 101 Å². The molecule has 0 aliphatic rings. The van der Waals surface area contributed by atoms with Gasteiger partial charge in [0.1, 0.15) is 0 Å². The summed E-state index contributed by atoms with van der Waals surface area (Å²) in [6.07, 6.45) is 8.73. The van der Waals surface area contributed by atoms with Gasteiger partial charge in [-0.25, -0.2) is 0 Å². The summed E-state index contributed by atoms with van der Waals surface area (Å²) in [7, 11) is 1.91. The molecule has 5 heteroatoms. The molecule has 0 aliphatic heterocycles. The molecule has 0 fully saturated rings. The second-order valence-electron chi connectivity index (χ2n) is 4.23. The normalized spacial score (nSPS) is 12.9. The van der Waals surface area contributed by atoms with Crippen molar-refractivity contribution in [2.45, 2.75) is 32.4 Å². The number of rotatable bonds is 5. The van der Waals surface area contributed by atoms with Crippen LogP contribution in [0.15, 0.2) is 24.8 Å². The van der Waals surface area contributed by atoms with Gasteiger partial charge in [-0.3, -0.25) is 9.36 Å². The molecule has 0 saturated heterocycles. The molecule has 1 atom stereocenters. The van der Waals surface area contributed by atoms with Crippen molar-refractivity contribution in [3.8, 4) is 0 Å². The minimum absolute atomic E-state index is 0.401. The van der Waals surface area contributed by atoms with E-state index >= 15 is 0 Å². The highest BCUT2D eigenvalue weighted by molar-refractivity contribution is 5.08. The first kappa shape index (κ1) is 11.9. The summed E-state index contributed by atoms with van der Waals surface area (Å²) >= 11 is 0. The maximum Gasteiger partial charge on any atom is 0.0817 e. The van der Waals surface area contributed by atoms with Gasteiger partial charge in [0.05, 0.1) is 18.5 Å². The van der Waals surface area contributed by atoms with Crippen LogP contribution in [-0.2, 0) is 20.0 Å². The van der Waals surface area contributed by atoms with Gasteiger partial charge in [-0.15, -0.1) is 0 Å². The number of hydrogen-bond acceptors (Lipinski definition) is 3. The van der Waals surface area contributed by atoms with Gasteiger partial charge in [-0.05, 0) is 18.4 Å². The zero-order chi connectivity index (χ0) is 12.3. The predicted octanol–water partition coefficient (Wildman–Crippen LogP) is 1.30. The van der Waals surface area contributed by atoms with E-state index < -0.39 is 6.10 Å². The molecule has 1 N–H and O–H groups in total. The first-order valence-electron chi connectivity index (χ1n) is 5.87. The van der Waals surface area contributed by atoms with Crippen LogP contribution in [0.1, 0.15) is 30.6 Å². The van der Waals surface area contributed by atoms with E-state index in [4.69, 9.17) is 0 Å². The average molecular weight is 234 g/mol.